The van der Waals surface area contributed by atoms with Gasteiger partial charge in [0.05, 0.1) is 5.56 Å². The van der Waals surface area contributed by atoms with Crippen molar-refractivity contribution < 1.29 is 9.53 Å². The zero-order valence-corrected chi connectivity index (χ0v) is 10.0. The highest BCUT2D eigenvalue weighted by Crippen LogP contribution is 2.38. The molecule has 0 N–H and O–H groups in total. The van der Waals surface area contributed by atoms with Gasteiger partial charge in [-0.15, -0.1) is 0 Å². The summed E-state index contributed by atoms with van der Waals surface area (Å²) in [6, 6.07) is 9.87. The average molecular weight is 231 g/mol. The van der Waals surface area contributed by atoms with Crippen LogP contribution in [0.25, 0.3) is 0 Å². The number of ether oxygens (including phenoxy) is 1. The Morgan fingerprint density at radius 2 is 2.06 bits per heavy atom. The minimum atomic E-state index is -0.175. The van der Waals surface area contributed by atoms with E-state index in [2.05, 4.69) is 11.9 Å². The summed E-state index contributed by atoms with van der Waals surface area (Å²) < 4.78 is 5.61. The summed E-state index contributed by atoms with van der Waals surface area (Å²) in [4.78, 5) is 14.3. The van der Waals surface area contributed by atoms with Gasteiger partial charge in [0, 0.05) is 24.9 Å². The van der Waals surface area contributed by atoms with E-state index in [1.807, 2.05) is 30.3 Å². The van der Waals surface area contributed by atoms with E-state index >= 15 is 0 Å². The molecule has 1 saturated carbocycles. The van der Waals surface area contributed by atoms with Crippen LogP contribution in [0.3, 0.4) is 0 Å². The molecule has 90 valence electrons. The molecule has 1 aliphatic heterocycles. The number of carbonyl (C=O) groups is 1. The van der Waals surface area contributed by atoms with Gasteiger partial charge in [0.15, 0.2) is 0 Å². The summed E-state index contributed by atoms with van der Waals surface area (Å²) >= 11 is 0. The van der Waals surface area contributed by atoms with Gasteiger partial charge < -0.3 is 9.64 Å². The molecule has 17 heavy (non-hydrogen) atoms. The first-order chi connectivity index (χ1) is 8.24. The first-order valence-corrected chi connectivity index (χ1v) is 6.20. The van der Waals surface area contributed by atoms with E-state index in [0.29, 0.717) is 17.5 Å². The van der Waals surface area contributed by atoms with E-state index in [-0.39, 0.29) is 12.1 Å². The van der Waals surface area contributed by atoms with Crippen molar-refractivity contribution in [3.05, 3.63) is 35.9 Å². The second-order valence-electron chi connectivity index (χ2n) is 5.13. The molecule has 3 heteroatoms. The zero-order chi connectivity index (χ0) is 11.8. The van der Waals surface area contributed by atoms with Crippen LogP contribution in [0.1, 0.15) is 23.2 Å². The molecule has 3 nitrogen and oxygen atoms in total. The number of hydrogen-bond acceptors (Lipinski definition) is 3. The van der Waals surface area contributed by atoms with E-state index in [1.165, 1.54) is 6.42 Å². The lowest BCUT2D eigenvalue weighted by atomic mass is 10.1. The third-order valence-corrected chi connectivity index (χ3v) is 4.02. The molecule has 0 aromatic heterocycles. The summed E-state index contributed by atoms with van der Waals surface area (Å²) in [5, 5.41) is 0. The van der Waals surface area contributed by atoms with Crippen LogP contribution in [-0.2, 0) is 4.74 Å². The molecule has 2 fully saturated rings. The third-order valence-electron chi connectivity index (χ3n) is 4.02. The molecule has 1 aliphatic carbocycles. The monoisotopic (exact) mass is 231 g/mol. The highest BCUT2D eigenvalue weighted by molar-refractivity contribution is 5.89. The van der Waals surface area contributed by atoms with E-state index < -0.39 is 0 Å². The summed E-state index contributed by atoms with van der Waals surface area (Å²) in [6.07, 6.45) is 2.31. The number of benzene rings is 1. The molecule has 3 rings (SSSR count). The normalized spacial score (nSPS) is 31.7. The molecule has 1 aromatic carbocycles. The molecule has 3 unspecified atom stereocenters. The maximum absolute atomic E-state index is 11.9. The molecule has 0 spiro atoms. The Balaban J connectivity index is 1.64. The Labute approximate surface area is 101 Å². The van der Waals surface area contributed by atoms with Crippen LogP contribution < -0.4 is 0 Å². The Morgan fingerprint density at radius 1 is 1.29 bits per heavy atom. The Bertz CT molecular complexity index is 415. The predicted octanol–water partition coefficient (Wildman–Crippen LogP) is 1.94. The maximum Gasteiger partial charge on any atom is 0.338 e. The number of nitrogens with zero attached hydrogens (tertiary/aromatic N) is 1. The lowest BCUT2D eigenvalue weighted by Crippen LogP contribution is -2.36. The van der Waals surface area contributed by atoms with E-state index in [9.17, 15) is 4.79 Å². The van der Waals surface area contributed by atoms with Crippen molar-refractivity contribution >= 4 is 5.97 Å². The van der Waals surface area contributed by atoms with Crippen molar-refractivity contribution in [1.29, 1.82) is 0 Å². The van der Waals surface area contributed by atoms with Gasteiger partial charge >= 0.3 is 5.97 Å². The number of piperidine rings is 1. The molecule has 0 amide bonds. The quantitative estimate of drug-likeness (QED) is 0.728. The lowest BCUT2D eigenvalue weighted by Gasteiger charge is -2.28. The number of carbonyl (C=O) groups excluding carboxylic acids is 1. The Morgan fingerprint density at radius 3 is 2.65 bits per heavy atom. The minimum absolute atomic E-state index is 0.129. The highest BCUT2D eigenvalue weighted by Gasteiger charge is 2.44. The van der Waals surface area contributed by atoms with Crippen LogP contribution in [0.2, 0.25) is 0 Å². The van der Waals surface area contributed by atoms with Crippen LogP contribution in [0.4, 0.5) is 0 Å². The molecule has 0 radical (unpaired) electrons. The van der Waals surface area contributed by atoms with Gasteiger partial charge in [-0.3, -0.25) is 0 Å². The van der Waals surface area contributed by atoms with Crippen molar-refractivity contribution in [3.63, 3.8) is 0 Å². The zero-order valence-electron chi connectivity index (χ0n) is 10.0. The average Bonchev–Trinajstić information content (AvgIpc) is 2.89. The summed E-state index contributed by atoms with van der Waals surface area (Å²) in [5.74, 6) is 0.364. The minimum Gasteiger partial charge on any atom is -0.458 e. The fourth-order valence-electron chi connectivity index (χ4n) is 3.05. The smallest absolute Gasteiger partial charge is 0.338 e. The maximum atomic E-state index is 11.9. The first kappa shape index (κ1) is 10.8. The Kier molecular flexibility index (Phi) is 2.63. The molecular formula is C14H17NO2. The summed E-state index contributed by atoms with van der Waals surface area (Å²) in [7, 11) is 2.15. The standard InChI is InChI=1S/C14H17NO2/c1-15-9-11-7-12(15)8-13(11)17-14(16)10-5-3-2-4-6-10/h2-6,11-13H,7-9H2,1H3. The molecule has 2 bridgehead atoms. The van der Waals surface area contributed by atoms with E-state index in [1.54, 1.807) is 0 Å². The van der Waals surface area contributed by atoms with Crippen molar-refractivity contribution in [3.8, 4) is 0 Å². The van der Waals surface area contributed by atoms with Crippen LogP contribution in [-0.4, -0.2) is 36.6 Å². The molecule has 1 heterocycles. The molecule has 1 saturated heterocycles. The van der Waals surface area contributed by atoms with Crippen LogP contribution in [0.5, 0.6) is 0 Å². The molecular weight excluding hydrogens is 214 g/mol. The van der Waals surface area contributed by atoms with Crippen LogP contribution in [0, 0.1) is 5.92 Å². The topological polar surface area (TPSA) is 29.5 Å². The molecule has 3 atom stereocenters. The summed E-state index contributed by atoms with van der Waals surface area (Å²) in [5.41, 5.74) is 0.656. The SMILES string of the molecule is CN1CC2CC1CC2OC(=O)c1ccccc1. The van der Waals surface area contributed by atoms with Gasteiger partial charge in [0.1, 0.15) is 6.10 Å². The third kappa shape index (κ3) is 1.95. The van der Waals surface area contributed by atoms with Gasteiger partial charge in [0.2, 0.25) is 0 Å². The number of likely N-dealkylation sites (tertiary alicyclic amines) is 1. The van der Waals surface area contributed by atoms with Crippen LogP contribution >= 0.6 is 0 Å². The summed E-state index contributed by atoms with van der Waals surface area (Å²) in [6.45, 7) is 1.07. The van der Waals surface area contributed by atoms with Gasteiger partial charge in [-0.25, -0.2) is 4.79 Å². The van der Waals surface area contributed by atoms with Gasteiger partial charge in [-0.05, 0) is 25.6 Å². The van der Waals surface area contributed by atoms with Gasteiger partial charge in [-0.1, -0.05) is 18.2 Å². The van der Waals surface area contributed by atoms with E-state index in [0.717, 1.165) is 13.0 Å². The first-order valence-electron chi connectivity index (χ1n) is 6.20. The molecule has 2 aliphatic rings. The molecule has 1 aromatic rings. The number of esters is 1. The van der Waals surface area contributed by atoms with Crippen molar-refractivity contribution in [1.82, 2.24) is 4.90 Å². The predicted molar refractivity (Wildman–Crippen MR) is 64.8 cm³/mol. The number of fused-ring (bicyclic) bond motifs is 2. The van der Waals surface area contributed by atoms with Crippen molar-refractivity contribution in [2.45, 2.75) is 25.0 Å². The van der Waals surface area contributed by atoms with Crippen LogP contribution in [0.15, 0.2) is 30.3 Å². The Hall–Kier alpha value is -1.35. The highest BCUT2D eigenvalue weighted by atomic mass is 16.5. The second-order valence-corrected chi connectivity index (χ2v) is 5.13. The lowest BCUT2D eigenvalue weighted by molar-refractivity contribution is 0.00956. The second kappa shape index (κ2) is 4.15. The number of hydrogen-bond donors (Lipinski definition) is 0. The number of rotatable bonds is 2. The van der Waals surface area contributed by atoms with Gasteiger partial charge in [-0.2, -0.15) is 0 Å². The van der Waals surface area contributed by atoms with Gasteiger partial charge in [0.25, 0.3) is 0 Å². The fraction of sp³-hybridized carbons (Fsp3) is 0.500. The van der Waals surface area contributed by atoms with Crippen molar-refractivity contribution in [2.24, 2.45) is 5.92 Å². The van der Waals surface area contributed by atoms with E-state index in [4.69, 9.17) is 4.74 Å². The fourth-order valence-corrected chi connectivity index (χ4v) is 3.05. The largest absolute Gasteiger partial charge is 0.458 e. The van der Waals surface area contributed by atoms with Crippen molar-refractivity contribution in [2.75, 3.05) is 13.6 Å².